The number of amides is 1. The molecule has 1 N–H and O–H groups in total. The molecule has 0 unspecified atom stereocenters. The number of fused-ring (bicyclic) bond motifs is 1. The molecule has 1 heterocycles. The maximum atomic E-state index is 11.5. The third-order valence-corrected chi connectivity index (χ3v) is 3.65. The van der Waals surface area contributed by atoms with Crippen LogP contribution in [0.3, 0.4) is 0 Å². The number of methoxy groups -OCH3 is 1. The molecule has 5 nitrogen and oxygen atoms in total. The second-order valence-electron chi connectivity index (χ2n) is 5.09. The van der Waals surface area contributed by atoms with Gasteiger partial charge in [-0.05, 0) is 29.8 Å². The van der Waals surface area contributed by atoms with E-state index in [1.54, 1.807) is 25.4 Å². The quantitative estimate of drug-likeness (QED) is 0.736. The van der Waals surface area contributed by atoms with Crippen LogP contribution in [0.2, 0.25) is 0 Å². The summed E-state index contributed by atoms with van der Waals surface area (Å²) in [6.07, 6.45) is 2.31. The zero-order chi connectivity index (χ0) is 16.2. The van der Waals surface area contributed by atoms with Gasteiger partial charge in [0.2, 0.25) is 6.41 Å². The number of aromatic nitrogens is 1. The van der Waals surface area contributed by atoms with E-state index in [0.29, 0.717) is 24.2 Å². The van der Waals surface area contributed by atoms with Gasteiger partial charge in [-0.2, -0.15) is 0 Å². The minimum atomic E-state index is -0.00176. The highest BCUT2D eigenvalue weighted by Gasteiger charge is 2.14. The second kappa shape index (κ2) is 6.36. The minimum absolute atomic E-state index is 0.00176. The van der Waals surface area contributed by atoms with Gasteiger partial charge in [0.25, 0.3) is 0 Å². The summed E-state index contributed by atoms with van der Waals surface area (Å²) in [5.74, 6) is 0.718. The van der Waals surface area contributed by atoms with Gasteiger partial charge in [0, 0.05) is 11.6 Å². The van der Waals surface area contributed by atoms with Crippen molar-refractivity contribution in [3.63, 3.8) is 0 Å². The van der Waals surface area contributed by atoms with Crippen molar-refractivity contribution in [1.29, 1.82) is 0 Å². The summed E-state index contributed by atoms with van der Waals surface area (Å²) in [5, 5.41) is 11.3. The van der Waals surface area contributed by atoms with Crippen molar-refractivity contribution >= 4 is 23.0 Å². The largest absolute Gasteiger partial charge is 0.504 e. The van der Waals surface area contributed by atoms with Crippen LogP contribution in [0.1, 0.15) is 5.56 Å². The number of rotatable bonds is 5. The summed E-state index contributed by atoms with van der Waals surface area (Å²) >= 11 is 0. The first kappa shape index (κ1) is 14.8. The van der Waals surface area contributed by atoms with Gasteiger partial charge in [-0.1, -0.05) is 24.3 Å². The van der Waals surface area contributed by atoms with Crippen molar-refractivity contribution in [2.75, 3.05) is 12.0 Å². The number of hydrogen-bond acceptors (Lipinski definition) is 4. The molecule has 2 aromatic carbocycles. The molecule has 1 aromatic heterocycles. The monoisotopic (exact) mass is 308 g/mol. The molecule has 3 aromatic rings. The summed E-state index contributed by atoms with van der Waals surface area (Å²) in [7, 11) is 1.59. The average molecular weight is 308 g/mol. The van der Waals surface area contributed by atoms with E-state index in [0.717, 1.165) is 16.7 Å². The topological polar surface area (TPSA) is 62.7 Å². The van der Waals surface area contributed by atoms with Gasteiger partial charge in [-0.25, -0.2) is 0 Å². The van der Waals surface area contributed by atoms with E-state index >= 15 is 0 Å². The van der Waals surface area contributed by atoms with Crippen LogP contribution in [0, 0.1) is 0 Å². The predicted molar refractivity (Wildman–Crippen MR) is 88.6 cm³/mol. The number of carbonyl (C=O) groups excluding carboxylic acids is 1. The van der Waals surface area contributed by atoms with Gasteiger partial charge in [-0.15, -0.1) is 0 Å². The normalized spacial score (nSPS) is 10.5. The van der Waals surface area contributed by atoms with Crippen LogP contribution in [0.15, 0.2) is 54.7 Å². The summed E-state index contributed by atoms with van der Waals surface area (Å²) in [5.41, 5.74) is 1.80. The highest BCUT2D eigenvalue weighted by atomic mass is 16.5. The molecule has 0 radical (unpaired) electrons. The molecule has 0 fully saturated rings. The van der Waals surface area contributed by atoms with Crippen molar-refractivity contribution in [1.82, 2.24) is 4.98 Å². The van der Waals surface area contributed by atoms with Crippen LogP contribution in [-0.4, -0.2) is 23.6 Å². The molecule has 0 saturated carbocycles. The molecule has 0 aliphatic heterocycles. The summed E-state index contributed by atoms with van der Waals surface area (Å²) in [4.78, 5) is 17.1. The van der Waals surface area contributed by atoms with Gasteiger partial charge in [0.1, 0.15) is 11.3 Å². The van der Waals surface area contributed by atoms with Crippen molar-refractivity contribution in [2.45, 2.75) is 6.54 Å². The molecule has 0 spiro atoms. The van der Waals surface area contributed by atoms with Gasteiger partial charge in [0.15, 0.2) is 5.75 Å². The highest BCUT2D eigenvalue weighted by molar-refractivity contribution is 5.93. The molecule has 116 valence electrons. The molecule has 0 saturated heterocycles. The number of hydrogen-bond donors (Lipinski definition) is 1. The van der Waals surface area contributed by atoms with E-state index in [1.807, 2.05) is 36.4 Å². The highest BCUT2D eigenvalue weighted by Crippen LogP contribution is 2.34. The molecular formula is C18H16N2O3. The maximum Gasteiger partial charge on any atom is 0.214 e. The molecule has 0 aliphatic carbocycles. The van der Waals surface area contributed by atoms with E-state index < -0.39 is 0 Å². The Morgan fingerprint density at radius 2 is 2.09 bits per heavy atom. The Balaban J connectivity index is 1.97. The Bertz CT molecular complexity index is 849. The number of carbonyl (C=O) groups is 1. The number of benzene rings is 2. The molecule has 0 bridgehead atoms. The number of anilines is 1. The van der Waals surface area contributed by atoms with E-state index in [1.165, 1.54) is 4.90 Å². The van der Waals surface area contributed by atoms with Crippen molar-refractivity contribution in [2.24, 2.45) is 0 Å². The summed E-state index contributed by atoms with van der Waals surface area (Å²) in [6.45, 7) is 0.326. The Labute approximate surface area is 133 Å². The van der Waals surface area contributed by atoms with Gasteiger partial charge in [0.05, 0.1) is 19.3 Å². The zero-order valence-corrected chi connectivity index (χ0v) is 12.6. The minimum Gasteiger partial charge on any atom is -0.504 e. The van der Waals surface area contributed by atoms with Crippen molar-refractivity contribution in [3.05, 3.63) is 60.3 Å². The number of phenols is 1. The Hall–Kier alpha value is -3.08. The lowest BCUT2D eigenvalue weighted by Gasteiger charge is -2.19. The lowest BCUT2D eigenvalue weighted by molar-refractivity contribution is -0.107. The number of nitrogens with zero attached hydrogens (tertiary/aromatic N) is 2. The lowest BCUT2D eigenvalue weighted by atomic mass is 10.1. The molecule has 5 heteroatoms. The smallest absolute Gasteiger partial charge is 0.214 e. The predicted octanol–water partition coefficient (Wildman–Crippen LogP) is 3.11. The van der Waals surface area contributed by atoms with E-state index in [4.69, 9.17) is 4.74 Å². The average Bonchev–Trinajstić information content (AvgIpc) is 2.61. The first-order chi connectivity index (χ1) is 11.2. The van der Waals surface area contributed by atoms with Gasteiger partial charge in [-0.3, -0.25) is 9.78 Å². The fraction of sp³-hybridized carbons (Fsp3) is 0.111. The molecular weight excluding hydrogens is 292 g/mol. The number of ether oxygens (including phenoxy) is 1. The third-order valence-electron chi connectivity index (χ3n) is 3.65. The zero-order valence-electron chi connectivity index (χ0n) is 12.6. The number of pyridine rings is 1. The van der Waals surface area contributed by atoms with Crippen LogP contribution in [0.5, 0.6) is 11.5 Å². The Kier molecular flexibility index (Phi) is 4.10. The first-order valence-corrected chi connectivity index (χ1v) is 7.14. The van der Waals surface area contributed by atoms with Gasteiger partial charge < -0.3 is 14.7 Å². The lowest BCUT2D eigenvalue weighted by Crippen LogP contribution is -2.20. The van der Waals surface area contributed by atoms with Crippen LogP contribution in [0.4, 0.5) is 5.69 Å². The fourth-order valence-electron chi connectivity index (χ4n) is 2.50. The molecule has 0 aliphatic rings. The summed E-state index contributed by atoms with van der Waals surface area (Å²) < 4.78 is 5.19. The second-order valence-corrected chi connectivity index (χ2v) is 5.09. The summed E-state index contributed by atoms with van der Waals surface area (Å²) in [6, 6.07) is 14.7. The van der Waals surface area contributed by atoms with E-state index in [9.17, 15) is 9.90 Å². The molecule has 23 heavy (non-hydrogen) atoms. The fourth-order valence-corrected chi connectivity index (χ4v) is 2.50. The SMILES string of the molecule is COc1cccc(CN(C=O)c2ccc3cccnc3c2O)c1. The standard InChI is InChI=1S/C18H16N2O3/c1-23-15-6-2-4-13(10-15)11-20(12-21)16-8-7-14-5-3-9-19-17(14)18(16)22/h2-10,12,22H,11H2,1H3. The Morgan fingerprint density at radius 1 is 1.22 bits per heavy atom. The van der Waals surface area contributed by atoms with Crippen molar-refractivity contribution in [3.8, 4) is 11.5 Å². The van der Waals surface area contributed by atoms with Crippen LogP contribution >= 0.6 is 0 Å². The van der Waals surface area contributed by atoms with E-state index in [2.05, 4.69) is 4.98 Å². The number of aromatic hydroxyl groups is 1. The van der Waals surface area contributed by atoms with Crippen LogP contribution in [0.25, 0.3) is 10.9 Å². The molecule has 1 amide bonds. The van der Waals surface area contributed by atoms with Crippen molar-refractivity contribution < 1.29 is 14.6 Å². The Morgan fingerprint density at radius 3 is 2.87 bits per heavy atom. The molecule has 0 atom stereocenters. The number of phenolic OH excluding ortho intramolecular Hbond substituents is 1. The maximum absolute atomic E-state index is 11.5. The van der Waals surface area contributed by atoms with Gasteiger partial charge >= 0.3 is 0 Å². The third kappa shape index (κ3) is 2.94. The first-order valence-electron chi connectivity index (χ1n) is 7.14. The van der Waals surface area contributed by atoms with Crippen LogP contribution < -0.4 is 9.64 Å². The van der Waals surface area contributed by atoms with E-state index in [-0.39, 0.29) is 5.75 Å². The molecule has 3 rings (SSSR count). The van der Waals surface area contributed by atoms with Crippen LogP contribution in [-0.2, 0) is 11.3 Å².